The molecular weight excluding hydrogens is 523 g/mol. The van der Waals surface area contributed by atoms with Gasteiger partial charge in [0.1, 0.15) is 11.5 Å². The van der Waals surface area contributed by atoms with Gasteiger partial charge in [0.15, 0.2) is 0 Å². The van der Waals surface area contributed by atoms with Crippen LogP contribution in [0, 0.1) is 18.3 Å². The minimum Gasteiger partial charge on any atom is -0.476 e. The molecule has 0 N–H and O–H groups in total. The van der Waals surface area contributed by atoms with E-state index in [1.165, 1.54) is 12.8 Å². The van der Waals surface area contributed by atoms with Gasteiger partial charge in [0.05, 0.1) is 28.9 Å². The summed E-state index contributed by atoms with van der Waals surface area (Å²) in [5.41, 5.74) is 3.60. The summed E-state index contributed by atoms with van der Waals surface area (Å²) in [6.45, 7) is 4.32. The fraction of sp³-hybridized carbons (Fsp3) is 0.621. The highest BCUT2D eigenvalue weighted by molar-refractivity contribution is 6.38. The Hall–Kier alpha value is -2.09. The van der Waals surface area contributed by atoms with Crippen molar-refractivity contribution < 1.29 is 14.0 Å². The predicted octanol–water partition coefficient (Wildman–Crippen LogP) is 7.52. The summed E-state index contributed by atoms with van der Waals surface area (Å²) >= 11 is 13.0. The normalized spacial score (nSPS) is 26.7. The third kappa shape index (κ3) is 4.75. The van der Waals surface area contributed by atoms with Gasteiger partial charge in [-0.25, -0.2) is 0 Å². The first-order valence-corrected chi connectivity index (χ1v) is 14.8. The molecule has 3 heterocycles. The largest absolute Gasteiger partial charge is 0.476 e. The van der Waals surface area contributed by atoms with Crippen LogP contribution < -0.4 is 4.74 Å². The molecule has 5 aliphatic carbocycles. The van der Waals surface area contributed by atoms with Gasteiger partial charge in [-0.15, -0.1) is 5.10 Å². The Morgan fingerprint density at radius 3 is 2.39 bits per heavy atom. The van der Waals surface area contributed by atoms with E-state index in [1.807, 2.05) is 0 Å². The Labute approximate surface area is 233 Å². The van der Waals surface area contributed by atoms with Gasteiger partial charge >= 0.3 is 0 Å². The van der Waals surface area contributed by atoms with E-state index in [-0.39, 0.29) is 11.0 Å². The molecule has 0 aliphatic heterocycles. The maximum Gasteiger partial charge on any atom is 0.235 e. The maximum absolute atomic E-state index is 6.78. The first-order chi connectivity index (χ1) is 18.4. The lowest BCUT2D eigenvalue weighted by atomic mass is 9.59. The Kier molecular flexibility index (Phi) is 6.25. The summed E-state index contributed by atoms with van der Waals surface area (Å²) in [6, 6.07) is 0. The lowest BCUT2D eigenvalue weighted by Crippen LogP contribution is -2.49. The molecule has 9 heteroatoms. The molecule has 0 amide bonds. The summed E-state index contributed by atoms with van der Waals surface area (Å²) in [6.07, 6.45) is 16.7. The molecule has 0 radical (unpaired) electrons. The summed E-state index contributed by atoms with van der Waals surface area (Å²) < 4.78 is 21.0. The molecule has 202 valence electrons. The van der Waals surface area contributed by atoms with E-state index in [0.717, 1.165) is 93.2 Å². The number of rotatable bonds is 10. The highest BCUT2D eigenvalue weighted by Crippen LogP contribution is 2.55. The van der Waals surface area contributed by atoms with Crippen LogP contribution in [0.25, 0.3) is 11.3 Å². The Balaban J connectivity index is 1.02. The Morgan fingerprint density at radius 2 is 1.74 bits per heavy atom. The summed E-state index contributed by atoms with van der Waals surface area (Å²) in [7, 11) is 0. The van der Waals surface area contributed by atoms with E-state index in [1.54, 1.807) is 12.4 Å². The molecule has 38 heavy (non-hydrogen) atoms. The Morgan fingerprint density at radius 1 is 1.03 bits per heavy atom. The van der Waals surface area contributed by atoms with E-state index < -0.39 is 0 Å². The zero-order valence-corrected chi connectivity index (χ0v) is 23.4. The van der Waals surface area contributed by atoms with E-state index in [2.05, 4.69) is 27.9 Å². The number of aryl methyl sites for hydroxylation is 1. The average Bonchev–Trinajstić information content (AvgIpc) is 3.85. The van der Waals surface area contributed by atoms with Crippen molar-refractivity contribution in [3.63, 3.8) is 0 Å². The van der Waals surface area contributed by atoms with Crippen LogP contribution in [0.15, 0.2) is 23.1 Å². The highest BCUT2D eigenvalue weighted by Gasteiger charge is 2.50. The summed E-state index contributed by atoms with van der Waals surface area (Å²) in [4.78, 5) is 4.09. The van der Waals surface area contributed by atoms with Gasteiger partial charge in [0.2, 0.25) is 5.88 Å². The molecule has 3 aromatic rings. The van der Waals surface area contributed by atoms with Crippen molar-refractivity contribution >= 4 is 23.2 Å². The van der Waals surface area contributed by atoms with Crippen molar-refractivity contribution in [3.05, 3.63) is 45.5 Å². The molecule has 3 aromatic heterocycles. The topological polar surface area (TPSA) is 75.2 Å². The number of hydrogen-bond acceptors (Lipinski definition) is 6. The molecule has 0 spiro atoms. The van der Waals surface area contributed by atoms with Gasteiger partial charge < -0.3 is 14.0 Å². The minimum absolute atomic E-state index is 0.106. The zero-order valence-electron chi connectivity index (χ0n) is 21.8. The standard InChI is InChI=1S/C29H34Cl2N4O3/c1-18-14-35(15-19-2-3-19)33-27(18)36-17-28-6-9-29(10-7-28,11-8-28)37-16-21-25(34-38-26(21)20-4-5-20)24-22(30)12-32-13-23(24)31/h12-14,19-20H,2-11,15-17H2,1H3. The van der Waals surface area contributed by atoms with E-state index >= 15 is 0 Å². The van der Waals surface area contributed by atoms with E-state index in [0.29, 0.717) is 33.8 Å². The van der Waals surface area contributed by atoms with Crippen LogP contribution in [0.2, 0.25) is 10.0 Å². The minimum atomic E-state index is -0.106. The molecule has 5 saturated carbocycles. The van der Waals surface area contributed by atoms with Crippen molar-refractivity contribution in [2.75, 3.05) is 6.61 Å². The van der Waals surface area contributed by atoms with Crippen molar-refractivity contribution in [3.8, 4) is 17.1 Å². The van der Waals surface area contributed by atoms with Crippen molar-refractivity contribution in [2.45, 2.75) is 95.8 Å². The second-order valence-corrected chi connectivity index (χ2v) is 13.0. The van der Waals surface area contributed by atoms with Crippen LogP contribution in [0.3, 0.4) is 0 Å². The molecule has 7 nitrogen and oxygen atoms in total. The molecule has 8 rings (SSSR count). The fourth-order valence-electron chi connectivity index (χ4n) is 6.37. The van der Waals surface area contributed by atoms with Crippen LogP contribution >= 0.6 is 23.2 Å². The number of ether oxygens (including phenoxy) is 2. The van der Waals surface area contributed by atoms with E-state index in [4.69, 9.17) is 42.3 Å². The smallest absolute Gasteiger partial charge is 0.235 e. The average molecular weight is 558 g/mol. The zero-order chi connectivity index (χ0) is 25.9. The fourth-order valence-corrected chi connectivity index (χ4v) is 6.92. The number of fused-ring (bicyclic) bond motifs is 3. The van der Waals surface area contributed by atoms with E-state index in [9.17, 15) is 0 Å². The third-order valence-electron chi connectivity index (χ3n) is 9.27. The molecule has 0 unspecified atom stereocenters. The number of halogens is 2. The van der Waals surface area contributed by atoms with Crippen LogP contribution in [0.4, 0.5) is 0 Å². The SMILES string of the molecule is Cc1cn(CC2CC2)nc1OCC12CCC(OCc3c(-c4c(Cl)cncc4Cl)noc3C3CC3)(CC1)CC2. The first-order valence-electron chi connectivity index (χ1n) is 14.0. The monoisotopic (exact) mass is 556 g/mol. The van der Waals surface area contributed by atoms with Gasteiger partial charge in [-0.3, -0.25) is 9.67 Å². The van der Waals surface area contributed by atoms with Gasteiger partial charge in [-0.05, 0) is 77.0 Å². The van der Waals surface area contributed by atoms with Gasteiger partial charge in [-0.2, -0.15) is 0 Å². The van der Waals surface area contributed by atoms with Gasteiger partial charge in [0.25, 0.3) is 0 Å². The van der Waals surface area contributed by atoms with Crippen LogP contribution in [0.1, 0.15) is 87.0 Å². The lowest BCUT2D eigenvalue weighted by Gasteiger charge is -2.52. The molecule has 0 aromatic carbocycles. The Bertz CT molecular complexity index is 1300. The predicted molar refractivity (Wildman–Crippen MR) is 145 cm³/mol. The van der Waals surface area contributed by atoms with Crippen molar-refractivity contribution in [1.82, 2.24) is 19.9 Å². The number of nitrogens with zero attached hydrogens (tertiary/aromatic N) is 4. The molecule has 5 fully saturated rings. The third-order valence-corrected chi connectivity index (χ3v) is 9.84. The molecule has 5 aliphatic rings. The van der Waals surface area contributed by atoms with Gasteiger partial charge in [0, 0.05) is 53.2 Å². The summed E-state index contributed by atoms with van der Waals surface area (Å²) in [5.74, 6) is 2.94. The second-order valence-electron chi connectivity index (χ2n) is 12.2. The second kappa shape index (κ2) is 9.53. The number of pyridine rings is 1. The van der Waals surface area contributed by atoms with Crippen molar-refractivity contribution in [2.24, 2.45) is 11.3 Å². The number of aromatic nitrogens is 4. The molecule has 0 saturated heterocycles. The first kappa shape index (κ1) is 24.9. The van der Waals surface area contributed by atoms with Crippen LogP contribution in [0.5, 0.6) is 5.88 Å². The molecule has 0 atom stereocenters. The van der Waals surface area contributed by atoms with Crippen molar-refractivity contribution in [1.29, 1.82) is 0 Å². The molecular formula is C29H34Cl2N4O3. The highest BCUT2D eigenvalue weighted by atomic mass is 35.5. The number of hydrogen-bond donors (Lipinski definition) is 0. The van der Waals surface area contributed by atoms with Crippen LogP contribution in [-0.4, -0.2) is 32.1 Å². The summed E-state index contributed by atoms with van der Waals surface area (Å²) in [5, 5.41) is 10.1. The van der Waals surface area contributed by atoms with Gasteiger partial charge in [-0.1, -0.05) is 28.4 Å². The maximum atomic E-state index is 6.78. The lowest BCUT2D eigenvalue weighted by molar-refractivity contribution is -0.150. The molecule has 2 bridgehead atoms. The quantitative estimate of drug-likeness (QED) is 0.257. The van der Waals surface area contributed by atoms with Crippen LogP contribution in [-0.2, 0) is 17.9 Å².